The minimum atomic E-state index is 0.493. The van der Waals surface area contributed by atoms with Crippen molar-refractivity contribution in [3.63, 3.8) is 0 Å². The molecule has 1 aliphatic rings. The highest BCUT2D eigenvalue weighted by atomic mass is 32.1. The molecule has 0 aliphatic heterocycles. The van der Waals surface area contributed by atoms with Crippen molar-refractivity contribution in [2.24, 2.45) is 0 Å². The number of aromatic nitrogens is 2. The number of rotatable bonds is 3. The lowest BCUT2D eigenvalue weighted by atomic mass is 9.94. The molecule has 0 aromatic carbocycles. The van der Waals surface area contributed by atoms with Gasteiger partial charge >= 0.3 is 0 Å². The van der Waals surface area contributed by atoms with Gasteiger partial charge in [0.1, 0.15) is 0 Å². The fraction of sp³-hybridized carbons (Fsp3) is 0.385. The molecular weight excluding hydrogens is 230 g/mol. The van der Waals surface area contributed by atoms with E-state index in [1.807, 2.05) is 17.5 Å². The van der Waals surface area contributed by atoms with Crippen LogP contribution in [0.25, 0.3) is 0 Å². The van der Waals surface area contributed by atoms with Gasteiger partial charge in [0.25, 0.3) is 0 Å². The Bertz CT molecular complexity index is 480. The Kier molecular flexibility index (Phi) is 3.16. The molecule has 1 N–H and O–H groups in total. The summed E-state index contributed by atoms with van der Waals surface area (Å²) in [7, 11) is 0. The Morgan fingerprint density at radius 1 is 1.41 bits per heavy atom. The highest BCUT2D eigenvalue weighted by Gasteiger charge is 2.20. The van der Waals surface area contributed by atoms with Gasteiger partial charge in [-0.3, -0.25) is 9.97 Å². The molecule has 1 aliphatic carbocycles. The quantitative estimate of drug-likeness (QED) is 0.903. The molecule has 2 aromatic heterocycles. The van der Waals surface area contributed by atoms with E-state index in [4.69, 9.17) is 0 Å². The largest absolute Gasteiger partial charge is 0.304 e. The summed E-state index contributed by atoms with van der Waals surface area (Å²) in [6, 6.07) is 2.75. The van der Waals surface area contributed by atoms with Crippen LogP contribution in [-0.2, 0) is 13.0 Å². The number of hydrogen-bond donors (Lipinski definition) is 1. The van der Waals surface area contributed by atoms with Crippen molar-refractivity contribution in [1.29, 1.82) is 0 Å². The number of nitrogens with one attached hydrogen (secondary N) is 1. The van der Waals surface area contributed by atoms with E-state index in [-0.39, 0.29) is 0 Å². The van der Waals surface area contributed by atoms with E-state index in [0.29, 0.717) is 6.04 Å². The van der Waals surface area contributed by atoms with Gasteiger partial charge in [-0.2, -0.15) is 0 Å². The summed E-state index contributed by atoms with van der Waals surface area (Å²) in [5.74, 6) is 0. The molecule has 0 spiro atoms. The molecule has 17 heavy (non-hydrogen) atoms. The maximum Gasteiger partial charge on any atom is 0.0724 e. The van der Waals surface area contributed by atoms with Crippen LogP contribution >= 0.6 is 11.3 Å². The van der Waals surface area contributed by atoms with Crippen molar-refractivity contribution < 1.29 is 0 Å². The molecule has 2 aromatic rings. The lowest BCUT2D eigenvalue weighted by molar-refractivity contribution is 0.460. The predicted octanol–water partition coefficient (Wildman–Crippen LogP) is 2.71. The molecule has 0 saturated heterocycles. The Hall–Kier alpha value is -1.26. The Labute approximate surface area is 105 Å². The summed E-state index contributed by atoms with van der Waals surface area (Å²) >= 11 is 1.88. The number of thiophene rings is 1. The Balaban J connectivity index is 1.68. The number of fused-ring (bicyclic) bond motifs is 1. The van der Waals surface area contributed by atoms with Crippen molar-refractivity contribution in [3.8, 4) is 0 Å². The van der Waals surface area contributed by atoms with Gasteiger partial charge in [-0.25, -0.2) is 0 Å². The monoisotopic (exact) mass is 245 g/mol. The zero-order valence-corrected chi connectivity index (χ0v) is 10.4. The zero-order valence-electron chi connectivity index (χ0n) is 9.60. The van der Waals surface area contributed by atoms with E-state index in [0.717, 1.165) is 12.2 Å². The minimum absolute atomic E-state index is 0.493. The maximum atomic E-state index is 4.28. The third-order valence-corrected chi connectivity index (χ3v) is 4.19. The van der Waals surface area contributed by atoms with E-state index in [9.17, 15) is 0 Å². The van der Waals surface area contributed by atoms with E-state index >= 15 is 0 Å². The average Bonchev–Trinajstić information content (AvgIpc) is 2.86. The summed E-state index contributed by atoms with van der Waals surface area (Å²) in [4.78, 5) is 9.92. The molecule has 0 fully saturated rings. The van der Waals surface area contributed by atoms with Crippen molar-refractivity contribution in [1.82, 2.24) is 15.3 Å². The molecule has 1 unspecified atom stereocenters. The topological polar surface area (TPSA) is 37.8 Å². The van der Waals surface area contributed by atoms with Crippen LogP contribution in [0, 0.1) is 0 Å². The van der Waals surface area contributed by atoms with Crippen LogP contribution in [0.4, 0.5) is 0 Å². The standard InChI is InChI=1S/C13H15N3S/c1-2-12(11-4-7-17-13(11)3-1)16-9-10-8-14-5-6-15-10/h4-8,12,16H,1-3,9H2. The van der Waals surface area contributed by atoms with Crippen molar-refractivity contribution in [3.05, 3.63) is 46.2 Å². The van der Waals surface area contributed by atoms with Crippen LogP contribution < -0.4 is 5.32 Å². The average molecular weight is 245 g/mol. The third-order valence-electron chi connectivity index (χ3n) is 3.20. The van der Waals surface area contributed by atoms with Crippen molar-refractivity contribution in [2.45, 2.75) is 31.8 Å². The van der Waals surface area contributed by atoms with Crippen LogP contribution in [0.3, 0.4) is 0 Å². The van der Waals surface area contributed by atoms with Crippen LogP contribution in [0.15, 0.2) is 30.0 Å². The van der Waals surface area contributed by atoms with Gasteiger partial charge < -0.3 is 5.32 Å². The molecular formula is C13H15N3S. The second-order valence-corrected chi connectivity index (χ2v) is 5.32. The second-order valence-electron chi connectivity index (χ2n) is 4.32. The summed E-state index contributed by atoms with van der Waals surface area (Å²) < 4.78 is 0. The van der Waals surface area contributed by atoms with Gasteiger partial charge in [-0.1, -0.05) is 0 Å². The first-order valence-corrected chi connectivity index (χ1v) is 6.86. The summed E-state index contributed by atoms with van der Waals surface area (Å²) in [6.45, 7) is 0.799. The Morgan fingerprint density at radius 3 is 3.29 bits per heavy atom. The first kappa shape index (κ1) is 10.9. The fourth-order valence-electron chi connectivity index (χ4n) is 2.35. The summed E-state index contributed by atoms with van der Waals surface area (Å²) in [6.07, 6.45) is 9.03. The molecule has 2 heterocycles. The zero-order chi connectivity index (χ0) is 11.5. The fourth-order valence-corrected chi connectivity index (χ4v) is 3.33. The van der Waals surface area contributed by atoms with Gasteiger partial charge in [0, 0.05) is 36.1 Å². The molecule has 4 heteroatoms. The number of hydrogen-bond acceptors (Lipinski definition) is 4. The molecule has 1 atom stereocenters. The first-order valence-electron chi connectivity index (χ1n) is 5.98. The van der Waals surface area contributed by atoms with Gasteiger partial charge in [-0.05, 0) is 36.3 Å². The van der Waals surface area contributed by atoms with Gasteiger partial charge in [0.2, 0.25) is 0 Å². The molecule has 0 saturated carbocycles. The van der Waals surface area contributed by atoms with Gasteiger partial charge in [-0.15, -0.1) is 11.3 Å². The second kappa shape index (κ2) is 4.94. The number of nitrogens with zero attached hydrogens (tertiary/aromatic N) is 2. The van der Waals surface area contributed by atoms with E-state index < -0.39 is 0 Å². The molecule has 3 rings (SSSR count). The molecule has 88 valence electrons. The summed E-state index contributed by atoms with van der Waals surface area (Å²) in [5, 5.41) is 5.79. The van der Waals surface area contributed by atoms with E-state index in [1.54, 1.807) is 17.3 Å². The lowest BCUT2D eigenvalue weighted by Gasteiger charge is -2.23. The van der Waals surface area contributed by atoms with Crippen molar-refractivity contribution >= 4 is 11.3 Å². The van der Waals surface area contributed by atoms with Crippen LogP contribution in [0.1, 0.15) is 35.0 Å². The lowest BCUT2D eigenvalue weighted by Crippen LogP contribution is -2.24. The molecule has 0 bridgehead atoms. The minimum Gasteiger partial charge on any atom is -0.304 e. The third kappa shape index (κ3) is 2.37. The highest BCUT2D eigenvalue weighted by molar-refractivity contribution is 7.10. The first-order chi connectivity index (χ1) is 8.43. The SMILES string of the molecule is c1cnc(CNC2CCCc3sccc32)cn1. The normalized spacial score (nSPS) is 18.9. The smallest absolute Gasteiger partial charge is 0.0724 e. The Morgan fingerprint density at radius 2 is 2.41 bits per heavy atom. The maximum absolute atomic E-state index is 4.28. The predicted molar refractivity (Wildman–Crippen MR) is 68.9 cm³/mol. The molecule has 0 radical (unpaired) electrons. The highest BCUT2D eigenvalue weighted by Crippen LogP contribution is 2.33. The van der Waals surface area contributed by atoms with Gasteiger partial charge in [0.15, 0.2) is 0 Å². The van der Waals surface area contributed by atoms with Crippen molar-refractivity contribution in [2.75, 3.05) is 0 Å². The molecule has 0 amide bonds. The number of aryl methyl sites for hydroxylation is 1. The van der Waals surface area contributed by atoms with E-state index in [2.05, 4.69) is 26.7 Å². The molecule has 3 nitrogen and oxygen atoms in total. The van der Waals surface area contributed by atoms with Gasteiger partial charge in [0.05, 0.1) is 5.69 Å². The van der Waals surface area contributed by atoms with Crippen LogP contribution in [0.2, 0.25) is 0 Å². The van der Waals surface area contributed by atoms with E-state index in [1.165, 1.54) is 24.8 Å². The van der Waals surface area contributed by atoms with Crippen LogP contribution in [-0.4, -0.2) is 9.97 Å². The summed E-state index contributed by atoms with van der Waals surface area (Å²) in [5.41, 5.74) is 2.50. The van der Waals surface area contributed by atoms with Crippen LogP contribution in [0.5, 0.6) is 0 Å².